The van der Waals surface area contributed by atoms with Gasteiger partial charge in [-0.3, -0.25) is 4.79 Å². The van der Waals surface area contributed by atoms with Gasteiger partial charge in [-0.1, -0.05) is 5.16 Å². The minimum atomic E-state index is -0.586. The van der Waals surface area contributed by atoms with Crippen LogP contribution >= 0.6 is 22.6 Å². The molecule has 1 aromatic rings. The van der Waals surface area contributed by atoms with Crippen molar-refractivity contribution in [2.75, 3.05) is 0 Å². The van der Waals surface area contributed by atoms with Crippen LogP contribution in [-0.2, 0) is 0 Å². The summed E-state index contributed by atoms with van der Waals surface area (Å²) in [5.74, 6) is -0.465. The first kappa shape index (κ1) is 6.53. The van der Waals surface area contributed by atoms with Crippen molar-refractivity contribution in [2.45, 2.75) is 0 Å². The first-order valence-corrected chi connectivity index (χ1v) is 3.19. The third kappa shape index (κ3) is 1.21. The van der Waals surface area contributed by atoms with Crippen molar-refractivity contribution in [1.82, 2.24) is 5.16 Å². The van der Waals surface area contributed by atoms with Crippen molar-refractivity contribution in [2.24, 2.45) is 5.73 Å². The molecule has 0 aliphatic heterocycles. The molecular weight excluding hydrogens is 235 g/mol. The summed E-state index contributed by atoms with van der Waals surface area (Å²) in [5.41, 5.74) is 4.88. The molecule has 0 bridgehead atoms. The monoisotopic (exact) mass is 238 g/mol. The molecule has 4 nitrogen and oxygen atoms in total. The SMILES string of the molecule is NC(=O)c1oncc1I. The smallest absolute Gasteiger partial charge is 0.288 e. The fourth-order valence-electron chi connectivity index (χ4n) is 0.390. The molecule has 0 fully saturated rings. The van der Waals surface area contributed by atoms with E-state index in [1.165, 1.54) is 6.20 Å². The highest BCUT2D eigenvalue weighted by molar-refractivity contribution is 14.1. The maximum atomic E-state index is 10.4. The van der Waals surface area contributed by atoms with E-state index in [0.717, 1.165) is 0 Å². The fraction of sp³-hybridized carbons (Fsp3) is 0. The van der Waals surface area contributed by atoms with Crippen LogP contribution in [0.1, 0.15) is 10.6 Å². The molecule has 1 amide bonds. The lowest BCUT2D eigenvalue weighted by Gasteiger charge is -1.82. The minimum Gasteiger partial charge on any atom is -0.363 e. The minimum absolute atomic E-state index is 0.121. The number of nitrogens with zero attached hydrogens (tertiary/aromatic N) is 1. The van der Waals surface area contributed by atoms with Gasteiger partial charge < -0.3 is 10.3 Å². The quantitative estimate of drug-likeness (QED) is 0.719. The van der Waals surface area contributed by atoms with E-state index in [4.69, 9.17) is 5.73 Å². The maximum absolute atomic E-state index is 10.4. The zero-order valence-electron chi connectivity index (χ0n) is 4.30. The van der Waals surface area contributed by atoms with Crippen molar-refractivity contribution >= 4 is 28.5 Å². The number of amides is 1. The molecule has 0 aromatic carbocycles. The molecule has 1 rings (SSSR count). The van der Waals surface area contributed by atoms with Crippen molar-refractivity contribution in [3.8, 4) is 0 Å². The molecule has 1 heterocycles. The lowest BCUT2D eigenvalue weighted by Crippen LogP contribution is -2.10. The first-order valence-electron chi connectivity index (χ1n) is 2.12. The van der Waals surface area contributed by atoms with Crippen molar-refractivity contribution in [3.05, 3.63) is 15.5 Å². The molecule has 0 aliphatic carbocycles. The molecule has 0 atom stereocenters. The van der Waals surface area contributed by atoms with Crippen LogP contribution in [0, 0.1) is 3.57 Å². The second kappa shape index (κ2) is 2.34. The van der Waals surface area contributed by atoms with Crippen molar-refractivity contribution in [1.29, 1.82) is 0 Å². The van der Waals surface area contributed by atoms with Crippen molar-refractivity contribution in [3.63, 3.8) is 0 Å². The van der Waals surface area contributed by atoms with Gasteiger partial charge >= 0.3 is 0 Å². The molecule has 48 valence electrons. The van der Waals surface area contributed by atoms with E-state index in [9.17, 15) is 4.79 Å². The Morgan fingerprint density at radius 3 is 2.78 bits per heavy atom. The number of primary amides is 1. The summed E-state index contributed by atoms with van der Waals surface area (Å²) in [6.45, 7) is 0. The first-order chi connectivity index (χ1) is 4.22. The molecule has 1 aromatic heterocycles. The zero-order chi connectivity index (χ0) is 6.85. The number of carbonyl (C=O) groups is 1. The van der Waals surface area contributed by atoms with Crippen LogP contribution < -0.4 is 5.73 Å². The molecule has 5 heteroatoms. The van der Waals surface area contributed by atoms with Crippen LogP contribution in [0.3, 0.4) is 0 Å². The summed E-state index contributed by atoms with van der Waals surface area (Å²) < 4.78 is 5.13. The summed E-state index contributed by atoms with van der Waals surface area (Å²) in [6.07, 6.45) is 1.43. The average molecular weight is 238 g/mol. The predicted molar refractivity (Wildman–Crippen MR) is 37.7 cm³/mol. The van der Waals surface area contributed by atoms with Gasteiger partial charge in [-0.05, 0) is 22.6 Å². The van der Waals surface area contributed by atoms with Crippen LogP contribution in [0.5, 0.6) is 0 Å². The van der Waals surface area contributed by atoms with Crippen LogP contribution in [0.4, 0.5) is 0 Å². The number of hydrogen-bond donors (Lipinski definition) is 1. The molecular formula is C4H3IN2O2. The van der Waals surface area contributed by atoms with E-state index in [-0.39, 0.29) is 5.76 Å². The van der Waals surface area contributed by atoms with Gasteiger partial charge in [0.05, 0.1) is 9.77 Å². The van der Waals surface area contributed by atoms with E-state index in [0.29, 0.717) is 3.57 Å². The number of halogens is 1. The van der Waals surface area contributed by atoms with Crippen LogP contribution in [0.15, 0.2) is 10.7 Å². The molecule has 0 saturated heterocycles. The molecule has 2 N–H and O–H groups in total. The van der Waals surface area contributed by atoms with Crippen LogP contribution in [-0.4, -0.2) is 11.1 Å². The Hall–Kier alpha value is -0.590. The number of rotatable bonds is 1. The molecule has 9 heavy (non-hydrogen) atoms. The molecule has 0 radical (unpaired) electrons. The van der Waals surface area contributed by atoms with E-state index >= 15 is 0 Å². The van der Waals surface area contributed by atoms with Gasteiger partial charge in [0.1, 0.15) is 0 Å². The third-order valence-electron chi connectivity index (χ3n) is 0.751. The van der Waals surface area contributed by atoms with Crippen LogP contribution in [0.2, 0.25) is 0 Å². The zero-order valence-corrected chi connectivity index (χ0v) is 6.45. The van der Waals surface area contributed by atoms with Gasteiger partial charge in [-0.25, -0.2) is 0 Å². The number of aromatic nitrogens is 1. The van der Waals surface area contributed by atoms with Gasteiger partial charge in [-0.15, -0.1) is 0 Å². The van der Waals surface area contributed by atoms with Gasteiger partial charge in [0.25, 0.3) is 5.91 Å². The topological polar surface area (TPSA) is 69.1 Å². The highest BCUT2D eigenvalue weighted by atomic mass is 127. The maximum Gasteiger partial charge on any atom is 0.288 e. The summed E-state index contributed by atoms with van der Waals surface area (Å²) in [5, 5.41) is 3.36. The Morgan fingerprint density at radius 1 is 1.89 bits per heavy atom. The van der Waals surface area contributed by atoms with Gasteiger partial charge in [-0.2, -0.15) is 0 Å². The Morgan fingerprint density at radius 2 is 2.56 bits per heavy atom. The van der Waals surface area contributed by atoms with E-state index < -0.39 is 5.91 Å². The molecule has 0 aliphatic rings. The second-order valence-electron chi connectivity index (χ2n) is 1.37. The Kier molecular flexibility index (Phi) is 1.70. The summed E-state index contributed by atoms with van der Waals surface area (Å²) in [4.78, 5) is 10.4. The van der Waals surface area contributed by atoms with E-state index in [2.05, 4.69) is 9.68 Å². The average Bonchev–Trinajstić information content (AvgIpc) is 2.13. The second-order valence-corrected chi connectivity index (χ2v) is 2.53. The van der Waals surface area contributed by atoms with Gasteiger partial charge in [0.15, 0.2) is 0 Å². The van der Waals surface area contributed by atoms with Crippen molar-refractivity contribution < 1.29 is 9.32 Å². The van der Waals surface area contributed by atoms with E-state index in [1.807, 2.05) is 22.6 Å². The normalized spacial score (nSPS) is 9.44. The third-order valence-corrected chi connectivity index (χ3v) is 1.52. The molecule has 0 spiro atoms. The lowest BCUT2D eigenvalue weighted by molar-refractivity contribution is 0.0964. The summed E-state index contributed by atoms with van der Waals surface area (Å²) >= 11 is 1.91. The summed E-state index contributed by atoms with van der Waals surface area (Å²) in [6, 6.07) is 0. The standard InChI is InChI=1S/C4H3IN2O2/c5-2-1-7-9-3(2)4(6)8/h1H,(H2,6,8). The molecule has 0 saturated carbocycles. The van der Waals surface area contributed by atoms with Gasteiger partial charge in [0.2, 0.25) is 5.76 Å². The lowest BCUT2D eigenvalue weighted by atomic mass is 10.4. The van der Waals surface area contributed by atoms with E-state index in [1.54, 1.807) is 0 Å². The Bertz CT molecular complexity index is 232. The highest BCUT2D eigenvalue weighted by Crippen LogP contribution is 2.08. The number of nitrogens with two attached hydrogens (primary N) is 1. The Labute approximate surface area is 64.5 Å². The summed E-state index contributed by atoms with van der Waals surface area (Å²) in [7, 11) is 0. The number of hydrogen-bond acceptors (Lipinski definition) is 3. The number of carbonyl (C=O) groups excluding carboxylic acids is 1. The largest absolute Gasteiger partial charge is 0.363 e. The highest BCUT2D eigenvalue weighted by Gasteiger charge is 2.09. The predicted octanol–water partition coefficient (Wildman–Crippen LogP) is 0.378. The Balaban J connectivity index is 3.08. The van der Waals surface area contributed by atoms with Gasteiger partial charge in [0, 0.05) is 0 Å². The fourth-order valence-corrected chi connectivity index (χ4v) is 0.868. The molecule has 0 unspecified atom stereocenters. The van der Waals surface area contributed by atoms with Crippen LogP contribution in [0.25, 0.3) is 0 Å².